The number of rotatable bonds is 10. The third kappa shape index (κ3) is 9.72. The van der Waals surface area contributed by atoms with Gasteiger partial charge < -0.3 is 51.4 Å². The molecule has 4 heterocycles. The zero-order chi connectivity index (χ0) is 40.9. The summed E-state index contributed by atoms with van der Waals surface area (Å²) in [5.41, 5.74) is 9.38. The number of amides is 3. The maximum Gasteiger partial charge on any atom is 0.490 e. The van der Waals surface area contributed by atoms with E-state index in [9.17, 15) is 33.0 Å². The highest BCUT2D eigenvalue weighted by molar-refractivity contribution is 5.85. The molecule has 2 aromatic heterocycles. The molecule has 4 aromatic rings. The lowest BCUT2D eigenvalue weighted by Gasteiger charge is -2.23. The van der Waals surface area contributed by atoms with Crippen molar-refractivity contribution in [3.8, 4) is 0 Å². The lowest BCUT2D eigenvalue weighted by molar-refractivity contribution is -0.192. The molecule has 0 spiro atoms. The van der Waals surface area contributed by atoms with Crippen molar-refractivity contribution in [2.75, 3.05) is 42.9 Å². The molecule has 3 fully saturated rings. The van der Waals surface area contributed by atoms with Crippen LogP contribution in [-0.2, 0) is 9.59 Å². The lowest BCUT2D eigenvalue weighted by Crippen LogP contribution is -2.45. The van der Waals surface area contributed by atoms with E-state index < -0.39 is 36.4 Å². The van der Waals surface area contributed by atoms with Gasteiger partial charge in [0.2, 0.25) is 11.9 Å². The van der Waals surface area contributed by atoms with Crippen LogP contribution in [0.2, 0.25) is 0 Å². The van der Waals surface area contributed by atoms with E-state index in [1.165, 1.54) is 0 Å². The number of fused-ring (bicyclic) bond motifs is 1. The van der Waals surface area contributed by atoms with E-state index >= 15 is 0 Å². The smallest absolute Gasteiger partial charge is 0.475 e. The van der Waals surface area contributed by atoms with E-state index in [-0.39, 0.29) is 36.4 Å². The van der Waals surface area contributed by atoms with Crippen LogP contribution < -0.4 is 26.6 Å². The summed E-state index contributed by atoms with van der Waals surface area (Å²) in [6, 6.07) is 19.2. The Labute approximate surface area is 326 Å². The number of aliphatic hydroxyl groups excluding tert-OH is 2. The van der Waals surface area contributed by atoms with Gasteiger partial charge in [0.1, 0.15) is 12.2 Å². The highest BCUT2D eigenvalue weighted by Crippen LogP contribution is 2.35. The van der Waals surface area contributed by atoms with Crippen LogP contribution >= 0.6 is 0 Å². The number of alkyl halides is 3. The standard InChI is InChI=1S/C36H46N10O4.C2HF3O2/c1-2-29(47)41-27-17-28(32(49)31(27)48)46-21-39-30-33(38-18-26(22-9-5-3-6-10-22)23-11-7-4-8-12-23)42-35(43-34(30)46)44-16-14-25(20-44)40-36(50)45-15-13-24(37)19-45;3-2(4,5)1(6)7/h3-12,21,24-28,31-32,48-49H,2,13-20,37H2,1H3,(H,40,50)(H,41,47)(H,38,42,43);(H,6,7)/t24-,25-,27+,28-,31-,32+;/m1./s1. The van der Waals surface area contributed by atoms with Crippen LogP contribution in [0.15, 0.2) is 67.0 Å². The predicted molar refractivity (Wildman–Crippen MR) is 203 cm³/mol. The van der Waals surface area contributed by atoms with Gasteiger partial charge in [0.25, 0.3) is 0 Å². The molecular weight excluding hydrogens is 749 g/mol. The summed E-state index contributed by atoms with van der Waals surface area (Å²) in [5.74, 6) is -1.91. The van der Waals surface area contributed by atoms with Crippen LogP contribution in [0.25, 0.3) is 11.2 Å². The number of carboxylic acids is 1. The molecule has 19 heteroatoms. The van der Waals surface area contributed by atoms with Crippen molar-refractivity contribution in [2.45, 2.75) is 81.1 Å². The first-order valence-electron chi connectivity index (χ1n) is 18.8. The number of imidazole rings is 1. The number of nitrogens with two attached hydrogens (primary N) is 1. The Morgan fingerprint density at radius 3 is 2.16 bits per heavy atom. The first-order chi connectivity index (χ1) is 27.2. The molecule has 6 atom stereocenters. The molecule has 2 aliphatic heterocycles. The van der Waals surface area contributed by atoms with Crippen molar-refractivity contribution < 1.29 is 42.9 Å². The Bertz CT molecular complexity index is 1970. The molecule has 0 bridgehead atoms. The average Bonchev–Trinajstić information content (AvgIpc) is 4.00. The van der Waals surface area contributed by atoms with Crippen LogP contribution in [0, 0.1) is 0 Å². The number of aromatic nitrogens is 4. The number of aliphatic hydroxyl groups is 2. The SMILES string of the molecule is CCC(=O)N[C@H]1C[C@@H](n2cnc3c(NCC(c4ccccc4)c4ccccc4)nc(N4CC[C@@H](NC(=O)N5CC[C@@H](N)C5)C4)nc32)[C@H](O)[C@@H]1O.O=C(O)C(F)(F)F. The zero-order valence-corrected chi connectivity index (χ0v) is 31.2. The molecule has 0 radical (unpaired) electrons. The summed E-state index contributed by atoms with van der Waals surface area (Å²) < 4.78 is 33.5. The van der Waals surface area contributed by atoms with Gasteiger partial charge in [0.05, 0.1) is 18.4 Å². The average molecular weight is 797 g/mol. The van der Waals surface area contributed by atoms with Gasteiger partial charge in [-0.3, -0.25) is 4.79 Å². The Balaban J connectivity index is 0.000000719. The van der Waals surface area contributed by atoms with Crippen molar-refractivity contribution in [3.05, 3.63) is 78.1 Å². The number of hydrogen-bond acceptors (Lipinski definition) is 11. The van der Waals surface area contributed by atoms with Crippen LogP contribution in [0.3, 0.4) is 0 Å². The summed E-state index contributed by atoms with van der Waals surface area (Å²) in [6.45, 7) is 4.64. The number of carbonyl (C=O) groups excluding carboxylic acids is 2. The monoisotopic (exact) mass is 796 g/mol. The van der Waals surface area contributed by atoms with Crippen molar-refractivity contribution in [2.24, 2.45) is 5.73 Å². The Morgan fingerprint density at radius 1 is 0.930 bits per heavy atom. The molecule has 16 nitrogen and oxygen atoms in total. The molecule has 3 aliphatic rings. The largest absolute Gasteiger partial charge is 0.490 e. The second kappa shape index (κ2) is 17.7. The van der Waals surface area contributed by atoms with Gasteiger partial charge in [0, 0.05) is 57.1 Å². The summed E-state index contributed by atoms with van der Waals surface area (Å²) in [7, 11) is 0. The highest BCUT2D eigenvalue weighted by atomic mass is 19.4. The van der Waals surface area contributed by atoms with Crippen LogP contribution in [0.4, 0.5) is 29.7 Å². The fraction of sp³-hybridized carbons (Fsp3) is 0.474. The van der Waals surface area contributed by atoms with Crippen molar-refractivity contribution in [1.29, 1.82) is 0 Å². The molecule has 3 amide bonds. The number of nitrogens with zero attached hydrogens (tertiary/aromatic N) is 6. The first kappa shape index (κ1) is 41.1. The minimum atomic E-state index is -5.08. The molecule has 0 unspecified atom stereocenters. The number of benzene rings is 2. The Hall–Kier alpha value is -5.53. The zero-order valence-electron chi connectivity index (χ0n) is 31.2. The van der Waals surface area contributed by atoms with Gasteiger partial charge in [-0.15, -0.1) is 0 Å². The van der Waals surface area contributed by atoms with Gasteiger partial charge in [0.15, 0.2) is 17.0 Å². The number of likely N-dealkylation sites (tertiary alicyclic amines) is 1. The fourth-order valence-electron chi connectivity index (χ4n) is 7.44. The van der Waals surface area contributed by atoms with E-state index in [0.29, 0.717) is 62.1 Å². The number of carboxylic acid groups (broad SMARTS) is 1. The Kier molecular flexibility index (Phi) is 12.8. The maximum absolute atomic E-state index is 12.9. The minimum absolute atomic E-state index is 0.0118. The number of anilines is 2. The second-order valence-electron chi connectivity index (χ2n) is 14.4. The third-order valence-corrected chi connectivity index (χ3v) is 10.5. The van der Waals surface area contributed by atoms with Gasteiger partial charge in [-0.1, -0.05) is 67.6 Å². The summed E-state index contributed by atoms with van der Waals surface area (Å²) in [6.07, 6.45) is -3.63. The second-order valence-corrected chi connectivity index (χ2v) is 14.4. The molecule has 7 rings (SSSR count). The van der Waals surface area contributed by atoms with E-state index in [0.717, 1.165) is 24.0 Å². The molecule has 1 aliphatic carbocycles. The number of aliphatic carboxylic acids is 1. The molecule has 2 saturated heterocycles. The molecule has 2 aromatic carbocycles. The van der Waals surface area contributed by atoms with E-state index in [1.54, 1.807) is 22.7 Å². The van der Waals surface area contributed by atoms with Crippen molar-refractivity contribution in [3.63, 3.8) is 0 Å². The topological polar surface area (TPSA) is 224 Å². The summed E-state index contributed by atoms with van der Waals surface area (Å²) >= 11 is 0. The molecule has 306 valence electrons. The van der Waals surface area contributed by atoms with Gasteiger partial charge in [-0.05, 0) is 30.4 Å². The molecule has 57 heavy (non-hydrogen) atoms. The van der Waals surface area contributed by atoms with Crippen LogP contribution in [-0.4, -0.2) is 127 Å². The van der Waals surface area contributed by atoms with E-state index in [1.807, 2.05) is 36.4 Å². The van der Waals surface area contributed by atoms with Crippen molar-refractivity contribution >= 4 is 40.8 Å². The Morgan fingerprint density at radius 2 is 1.58 bits per heavy atom. The van der Waals surface area contributed by atoms with Crippen LogP contribution in [0.5, 0.6) is 0 Å². The lowest BCUT2D eigenvalue weighted by atomic mass is 9.91. The minimum Gasteiger partial charge on any atom is -0.475 e. The van der Waals surface area contributed by atoms with Crippen molar-refractivity contribution in [1.82, 2.24) is 35.1 Å². The molecular formula is C38H47F3N10O6. The van der Waals surface area contributed by atoms with E-state index in [2.05, 4.69) is 45.1 Å². The highest BCUT2D eigenvalue weighted by Gasteiger charge is 2.44. The molecule has 1 saturated carbocycles. The van der Waals surface area contributed by atoms with E-state index in [4.69, 9.17) is 30.6 Å². The van der Waals surface area contributed by atoms with Gasteiger partial charge >= 0.3 is 18.2 Å². The quantitative estimate of drug-likeness (QED) is 0.123. The number of nitrogens with one attached hydrogen (secondary N) is 3. The number of halogens is 3. The molecule has 8 N–H and O–H groups in total. The third-order valence-electron chi connectivity index (χ3n) is 10.5. The van der Waals surface area contributed by atoms with Gasteiger partial charge in [-0.2, -0.15) is 23.1 Å². The predicted octanol–water partition coefficient (Wildman–Crippen LogP) is 2.59. The first-order valence-corrected chi connectivity index (χ1v) is 18.8. The normalized spacial score (nSPS) is 23.4. The summed E-state index contributed by atoms with van der Waals surface area (Å²) in [4.78, 5) is 52.6. The number of hydrogen-bond donors (Lipinski definition) is 7. The summed E-state index contributed by atoms with van der Waals surface area (Å²) in [5, 5.41) is 38.8. The van der Waals surface area contributed by atoms with Crippen LogP contribution in [0.1, 0.15) is 55.7 Å². The fourth-order valence-corrected chi connectivity index (χ4v) is 7.44. The number of carbonyl (C=O) groups is 3. The maximum atomic E-state index is 12.9. The van der Waals surface area contributed by atoms with Gasteiger partial charge in [-0.25, -0.2) is 14.6 Å². The number of urea groups is 1.